The second-order valence-electron chi connectivity index (χ2n) is 4.94. The van der Waals surface area contributed by atoms with Crippen molar-refractivity contribution in [2.45, 2.75) is 30.7 Å². The first-order valence-corrected chi connectivity index (χ1v) is 9.38. The van der Waals surface area contributed by atoms with E-state index in [9.17, 15) is 8.42 Å². The highest BCUT2D eigenvalue weighted by Crippen LogP contribution is 2.34. The molecule has 112 valence electrons. The van der Waals surface area contributed by atoms with E-state index in [1.165, 1.54) is 6.07 Å². The number of thioether (sulfide) groups is 1. The van der Waals surface area contributed by atoms with Gasteiger partial charge in [-0.15, -0.1) is 0 Å². The fourth-order valence-electron chi connectivity index (χ4n) is 2.28. The highest BCUT2D eigenvalue weighted by Gasteiger charge is 2.26. The Hall–Kier alpha value is -0.920. The van der Waals surface area contributed by atoms with Crippen LogP contribution in [0.4, 0.5) is 5.69 Å². The molecule has 0 radical (unpaired) electrons. The van der Waals surface area contributed by atoms with Gasteiger partial charge in [-0.2, -0.15) is 11.8 Å². The van der Waals surface area contributed by atoms with Crippen molar-refractivity contribution in [1.82, 2.24) is 4.72 Å². The van der Waals surface area contributed by atoms with E-state index >= 15 is 0 Å². The molecule has 1 atom stereocenters. The molecule has 1 aromatic rings. The second kappa shape index (κ2) is 6.24. The Morgan fingerprint density at radius 3 is 2.95 bits per heavy atom. The first kappa shape index (κ1) is 15.5. The Bertz CT molecular complexity index is 588. The SMILES string of the molecule is CSCC(C)NS(=O)(=O)c1cc(N)cc2c1OCCC2. The number of hydrogen-bond donors (Lipinski definition) is 2. The van der Waals surface area contributed by atoms with E-state index in [1.807, 2.05) is 13.2 Å². The molecule has 3 N–H and O–H groups in total. The summed E-state index contributed by atoms with van der Waals surface area (Å²) < 4.78 is 33.2. The van der Waals surface area contributed by atoms with Gasteiger partial charge in [-0.05, 0) is 43.7 Å². The van der Waals surface area contributed by atoms with E-state index in [-0.39, 0.29) is 10.9 Å². The van der Waals surface area contributed by atoms with Crippen molar-refractivity contribution in [3.05, 3.63) is 17.7 Å². The minimum Gasteiger partial charge on any atom is -0.492 e. The summed E-state index contributed by atoms with van der Waals surface area (Å²) in [5.74, 6) is 1.17. The van der Waals surface area contributed by atoms with Crippen LogP contribution in [0.5, 0.6) is 5.75 Å². The molecule has 1 aliphatic heterocycles. The van der Waals surface area contributed by atoms with Crippen LogP contribution < -0.4 is 15.2 Å². The van der Waals surface area contributed by atoms with Gasteiger partial charge in [0.1, 0.15) is 10.6 Å². The molecule has 5 nitrogen and oxygen atoms in total. The lowest BCUT2D eigenvalue weighted by atomic mass is 10.1. The molecule has 0 spiro atoms. The third kappa shape index (κ3) is 3.39. The number of benzene rings is 1. The summed E-state index contributed by atoms with van der Waals surface area (Å²) in [6.07, 6.45) is 3.62. The monoisotopic (exact) mass is 316 g/mol. The zero-order valence-electron chi connectivity index (χ0n) is 11.7. The number of nitrogens with one attached hydrogen (secondary N) is 1. The molecular formula is C13H20N2O3S2. The molecule has 20 heavy (non-hydrogen) atoms. The summed E-state index contributed by atoms with van der Waals surface area (Å²) in [5.41, 5.74) is 7.14. The second-order valence-corrected chi connectivity index (χ2v) is 7.53. The molecule has 0 aromatic heterocycles. The predicted molar refractivity (Wildman–Crippen MR) is 82.8 cm³/mol. The zero-order chi connectivity index (χ0) is 14.8. The summed E-state index contributed by atoms with van der Waals surface area (Å²) in [5, 5.41) is 0. The lowest BCUT2D eigenvalue weighted by Crippen LogP contribution is -2.34. The minimum absolute atomic E-state index is 0.143. The summed E-state index contributed by atoms with van der Waals surface area (Å²) in [6, 6.07) is 3.12. The maximum atomic E-state index is 12.5. The van der Waals surface area contributed by atoms with E-state index in [4.69, 9.17) is 10.5 Å². The average Bonchev–Trinajstić information content (AvgIpc) is 2.37. The molecule has 0 aliphatic carbocycles. The summed E-state index contributed by atoms with van der Waals surface area (Å²) in [6.45, 7) is 2.38. The van der Waals surface area contributed by atoms with E-state index in [1.54, 1.807) is 17.8 Å². The molecule has 1 unspecified atom stereocenters. The Kier molecular flexibility index (Phi) is 4.82. The largest absolute Gasteiger partial charge is 0.492 e. The lowest BCUT2D eigenvalue weighted by Gasteiger charge is -2.22. The van der Waals surface area contributed by atoms with Crippen LogP contribution in [0, 0.1) is 0 Å². The van der Waals surface area contributed by atoms with Crippen molar-refractivity contribution in [3.8, 4) is 5.75 Å². The van der Waals surface area contributed by atoms with E-state index < -0.39 is 10.0 Å². The van der Waals surface area contributed by atoms with Crippen LogP contribution in [-0.2, 0) is 16.4 Å². The molecule has 1 heterocycles. The van der Waals surface area contributed by atoms with Crippen LogP contribution in [0.1, 0.15) is 18.9 Å². The van der Waals surface area contributed by atoms with Crippen LogP contribution in [0.25, 0.3) is 0 Å². The maximum Gasteiger partial charge on any atom is 0.244 e. The fraction of sp³-hybridized carbons (Fsp3) is 0.538. The number of nitrogens with two attached hydrogens (primary N) is 1. The summed E-state index contributed by atoms with van der Waals surface area (Å²) in [4.78, 5) is 0.153. The number of anilines is 1. The van der Waals surface area contributed by atoms with Gasteiger partial charge in [0.15, 0.2) is 0 Å². The van der Waals surface area contributed by atoms with E-state index in [0.717, 1.165) is 18.4 Å². The third-order valence-electron chi connectivity index (χ3n) is 3.05. The van der Waals surface area contributed by atoms with Gasteiger partial charge < -0.3 is 10.5 Å². The van der Waals surface area contributed by atoms with Crippen LogP contribution in [-0.4, -0.2) is 33.1 Å². The number of rotatable bonds is 5. The predicted octanol–water partition coefficient (Wildman–Crippen LogP) is 1.62. The molecule has 0 saturated heterocycles. The van der Waals surface area contributed by atoms with Crippen LogP contribution in [0.2, 0.25) is 0 Å². The van der Waals surface area contributed by atoms with Crippen molar-refractivity contribution in [3.63, 3.8) is 0 Å². The molecule has 0 bridgehead atoms. The van der Waals surface area contributed by atoms with Gasteiger partial charge in [0.2, 0.25) is 10.0 Å². The summed E-state index contributed by atoms with van der Waals surface area (Å²) in [7, 11) is -3.61. The molecule has 2 rings (SSSR count). The van der Waals surface area contributed by atoms with Crippen molar-refractivity contribution in [2.24, 2.45) is 0 Å². The standard InChI is InChI=1S/C13H20N2O3S2/c1-9(8-19-2)15-20(16,17)12-7-11(14)6-10-4-3-5-18-13(10)12/h6-7,9,15H,3-5,8,14H2,1-2H3. The Balaban J connectivity index is 2.38. The van der Waals surface area contributed by atoms with Gasteiger partial charge in [0.25, 0.3) is 0 Å². The molecule has 0 saturated carbocycles. The molecule has 0 fully saturated rings. The minimum atomic E-state index is -3.61. The van der Waals surface area contributed by atoms with Gasteiger partial charge >= 0.3 is 0 Å². The smallest absolute Gasteiger partial charge is 0.244 e. The van der Waals surface area contributed by atoms with Gasteiger partial charge in [-0.3, -0.25) is 0 Å². The number of fused-ring (bicyclic) bond motifs is 1. The molecule has 7 heteroatoms. The maximum absolute atomic E-state index is 12.5. The van der Waals surface area contributed by atoms with Crippen molar-refractivity contribution >= 4 is 27.5 Å². The third-order valence-corrected chi connectivity index (χ3v) is 5.48. The topological polar surface area (TPSA) is 81.4 Å². The number of ether oxygens (including phenoxy) is 1. The normalized spacial score (nSPS) is 16.3. The highest BCUT2D eigenvalue weighted by atomic mass is 32.2. The zero-order valence-corrected chi connectivity index (χ0v) is 13.3. The fourth-order valence-corrected chi connectivity index (χ4v) is 4.44. The van der Waals surface area contributed by atoms with Gasteiger partial charge in [-0.25, -0.2) is 13.1 Å². The molecular weight excluding hydrogens is 296 g/mol. The van der Waals surface area contributed by atoms with E-state index in [2.05, 4.69) is 4.72 Å². The van der Waals surface area contributed by atoms with Crippen molar-refractivity contribution in [1.29, 1.82) is 0 Å². The van der Waals surface area contributed by atoms with Gasteiger partial charge in [-0.1, -0.05) is 0 Å². The van der Waals surface area contributed by atoms with E-state index in [0.29, 0.717) is 23.8 Å². The van der Waals surface area contributed by atoms with Gasteiger partial charge in [0.05, 0.1) is 6.61 Å². The number of hydrogen-bond acceptors (Lipinski definition) is 5. The molecule has 1 aromatic carbocycles. The Labute approximate surface area is 124 Å². The van der Waals surface area contributed by atoms with Crippen molar-refractivity contribution < 1.29 is 13.2 Å². The highest BCUT2D eigenvalue weighted by molar-refractivity contribution is 7.98. The molecule has 0 amide bonds. The van der Waals surface area contributed by atoms with Crippen LogP contribution in [0.3, 0.4) is 0 Å². The quantitative estimate of drug-likeness (QED) is 0.807. The first-order valence-electron chi connectivity index (χ1n) is 6.50. The lowest BCUT2D eigenvalue weighted by molar-refractivity contribution is 0.280. The van der Waals surface area contributed by atoms with Gasteiger partial charge in [0, 0.05) is 17.5 Å². The molecule has 1 aliphatic rings. The average molecular weight is 316 g/mol. The first-order chi connectivity index (χ1) is 9.44. The van der Waals surface area contributed by atoms with Crippen molar-refractivity contribution in [2.75, 3.05) is 24.3 Å². The Morgan fingerprint density at radius 2 is 2.25 bits per heavy atom. The number of sulfonamides is 1. The van der Waals surface area contributed by atoms with Crippen LogP contribution >= 0.6 is 11.8 Å². The van der Waals surface area contributed by atoms with Crippen LogP contribution in [0.15, 0.2) is 17.0 Å². The number of nitrogen functional groups attached to an aromatic ring is 1. The number of aryl methyl sites for hydroxylation is 1. The summed E-state index contributed by atoms with van der Waals surface area (Å²) >= 11 is 1.59. The Morgan fingerprint density at radius 1 is 1.50 bits per heavy atom.